The summed E-state index contributed by atoms with van der Waals surface area (Å²) >= 11 is 0. The maximum absolute atomic E-state index is 14.1. The van der Waals surface area contributed by atoms with Crippen LogP contribution in [0, 0.1) is 17.8 Å². The summed E-state index contributed by atoms with van der Waals surface area (Å²) in [6.07, 6.45) is 3.59. The van der Waals surface area contributed by atoms with Crippen LogP contribution in [0.4, 0.5) is 0 Å². The van der Waals surface area contributed by atoms with Gasteiger partial charge < -0.3 is 23.7 Å². The van der Waals surface area contributed by atoms with Crippen molar-refractivity contribution in [3.8, 4) is 11.5 Å². The van der Waals surface area contributed by atoms with Gasteiger partial charge in [-0.2, -0.15) is 0 Å². The van der Waals surface area contributed by atoms with Crippen LogP contribution in [-0.4, -0.2) is 46.9 Å². The van der Waals surface area contributed by atoms with Crippen LogP contribution in [0.15, 0.2) is 12.1 Å². The first-order chi connectivity index (χ1) is 18.0. The Hall–Kier alpha value is -2.45. The van der Waals surface area contributed by atoms with E-state index < -0.39 is 40.0 Å². The number of benzene rings is 1. The van der Waals surface area contributed by atoms with Gasteiger partial charge in [0.1, 0.15) is 34.9 Å². The first-order valence-electron chi connectivity index (χ1n) is 14.1. The fourth-order valence-corrected chi connectivity index (χ4v) is 7.75. The van der Waals surface area contributed by atoms with Gasteiger partial charge >= 0.3 is 11.9 Å². The summed E-state index contributed by atoms with van der Waals surface area (Å²) in [4.78, 5) is 37.4. The molecule has 0 amide bonds. The first-order valence-corrected chi connectivity index (χ1v) is 14.1. The number of rotatable bonds is 5. The Bertz CT molecular complexity index is 1220. The summed E-state index contributed by atoms with van der Waals surface area (Å²) in [6.45, 7) is 14.9. The molecule has 5 rings (SSSR count). The molecule has 3 fully saturated rings. The van der Waals surface area contributed by atoms with E-state index in [-0.39, 0.29) is 24.1 Å². The maximum Gasteiger partial charge on any atom is 0.308 e. The lowest BCUT2D eigenvalue weighted by molar-refractivity contribution is -0.273. The molecule has 3 aliphatic heterocycles. The minimum atomic E-state index is -1.01. The molecule has 1 aromatic carbocycles. The van der Waals surface area contributed by atoms with Gasteiger partial charge in [-0.05, 0) is 76.6 Å². The summed E-state index contributed by atoms with van der Waals surface area (Å²) in [5.41, 5.74) is -0.411. The van der Waals surface area contributed by atoms with Gasteiger partial charge in [0.25, 0.3) is 0 Å². The predicted octanol–water partition coefficient (Wildman–Crippen LogP) is 5.39. The van der Waals surface area contributed by atoms with Gasteiger partial charge in [0.05, 0.1) is 0 Å². The molecular weight excluding hydrogens is 500 g/mol. The molecule has 214 valence electrons. The summed E-state index contributed by atoms with van der Waals surface area (Å²) < 4.78 is 30.9. The number of hydrogen-bond donors (Lipinski definition) is 0. The molecule has 1 saturated carbocycles. The van der Waals surface area contributed by atoms with Crippen molar-refractivity contribution in [2.24, 2.45) is 10.8 Å². The van der Waals surface area contributed by atoms with Gasteiger partial charge in [0.15, 0.2) is 11.6 Å². The molecule has 1 aliphatic carbocycles. The molecular formula is C31H42O8. The SMILES string of the molecule is CC(=O)Oc1cc(C)c2c(c1)CCC(C)(CC(=O)C1OC3(CC(OC(C)=O)C(C)(C)O3)C3(C)CCCC13C)O2. The van der Waals surface area contributed by atoms with Crippen molar-refractivity contribution >= 4 is 17.7 Å². The fraction of sp³-hybridized carbons (Fsp3) is 0.710. The standard InChI is InChI=1S/C31H42O8/c1-18-14-22(35-19(2)32)15-21-10-13-28(6,37-25(18)21)16-23(34)26-29(7)11-9-12-30(29,8)31(38-26)17-24(36-20(3)33)27(4,5)39-31/h14-15,24,26H,9-13,16-17H2,1-8H3. The summed E-state index contributed by atoms with van der Waals surface area (Å²) in [6, 6.07) is 3.64. The second-order valence-electron chi connectivity index (χ2n) is 13.4. The van der Waals surface area contributed by atoms with Crippen molar-refractivity contribution in [1.82, 2.24) is 0 Å². The van der Waals surface area contributed by atoms with Crippen LogP contribution in [0.5, 0.6) is 11.5 Å². The second kappa shape index (κ2) is 9.03. The highest BCUT2D eigenvalue weighted by Crippen LogP contribution is 2.71. The molecule has 1 aromatic rings. The lowest BCUT2D eigenvalue weighted by Gasteiger charge is -2.43. The van der Waals surface area contributed by atoms with Crippen LogP contribution < -0.4 is 9.47 Å². The lowest BCUT2D eigenvalue weighted by Crippen LogP contribution is -2.48. The molecule has 0 radical (unpaired) electrons. The minimum Gasteiger partial charge on any atom is -0.487 e. The summed E-state index contributed by atoms with van der Waals surface area (Å²) in [7, 11) is 0. The van der Waals surface area contributed by atoms with E-state index in [1.807, 2.05) is 33.8 Å². The predicted molar refractivity (Wildman–Crippen MR) is 142 cm³/mol. The molecule has 39 heavy (non-hydrogen) atoms. The highest BCUT2D eigenvalue weighted by Gasteiger charge is 2.76. The first kappa shape index (κ1) is 28.1. The number of carbonyl (C=O) groups is 3. The number of Topliss-reactive ketones (excluding diaryl/α,β-unsaturated/α-hetero) is 1. The largest absolute Gasteiger partial charge is 0.487 e. The molecule has 6 unspecified atom stereocenters. The van der Waals surface area contributed by atoms with Crippen LogP contribution in [0.3, 0.4) is 0 Å². The number of carbonyl (C=O) groups excluding carboxylic acids is 3. The summed E-state index contributed by atoms with van der Waals surface area (Å²) in [5.74, 6) is -0.453. The van der Waals surface area contributed by atoms with Crippen molar-refractivity contribution in [2.75, 3.05) is 0 Å². The average molecular weight is 543 g/mol. The van der Waals surface area contributed by atoms with Crippen LogP contribution in [0.25, 0.3) is 0 Å². The number of ether oxygens (including phenoxy) is 5. The van der Waals surface area contributed by atoms with Gasteiger partial charge in [-0.3, -0.25) is 14.4 Å². The highest BCUT2D eigenvalue weighted by atomic mass is 16.7. The van der Waals surface area contributed by atoms with Crippen molar-refractivity contribution in [3.63, 3.8) is 0 Å². The van der Waals surface area contributed by atoms with Crippen molar-refractivity contribution in [2.45, 2.75) is 130 Å². The quantitative estimate of drug-likeness (QED) is 0.361. The minimum absolute atomic E-state index is 0.0139. The van der Waals surface area contributed by atoms with E-state index in [0.717, 1.165) is 36.1 Å². The topological polar surface area (TPSA) is 97.4 Å². The molecule has 3 heterocycles. The van der Waals surface area contributed by atoms with Gasteiger partial charge in [-0.15, -0.1) is 0 Å². The fourth-order valence-electron chi connectivity index (χ4n) is 7.75. The van der Waals surface area contributed by atoms with E-state index >= 15 is 0 Å². The second-order valence-corrected chi connectivity index (χ2v) is 13.4. The summed E-state index contributed by atoms with van der Waals surface area (Å²) in [5, 5.41) is 0. The molecule has 6 atom stereocenters. The van der Waals surface area contributed by atoms with Gasteiger partial charge in [-0.25, -0.2) is 0 Å². The zero-order chi connectivity index (χ0) is 28.6. The van der Waals surface area contributed by atoms with Crippen LogP contribution in [0.2, 0.25) is 0 Å². The Labute approximate surface area is 231 Å². The Kier molecular flexibility index (Phi) is 6.50. The number of fused-ring (bicyclic) bond motifs is 3. The molecule has 4 aliphatic rings. The zero-order valence-corrected chi connectivity index (χ0v) is 24.5. The van der Waals surface area contributed by atoms with Crippen molar-refractivity contribution in [3.05, 3.63) is 23.3 Å². The number of hydrogen-bond acceptors (Lipinski definition) is 8. The van der Waals surface area contributed by atoms with E-state index in [2.05, 4.69) is 13.8 Å². The van der Waals surface area contributed by atoms with Crippen molar-refractivity contribution in [1.29, 1.82) is 0 Å². The third-order valence-corrected chi connectivity index (χ3v) is 10.0. The smallest absolute Gasteiger partial charge is 0.308 e. The molecule has 0 N–H and O–H groups in total. The van der Waals surface area contributed by atoms with E-state index in [1.165, 1.54) is 13.8 Å². The molecule has 0 aromatic heterocycles. The highest BCUT2D eigenvalue weighted by molar-refractivity contribution is 5.86. The normalized spacial score (nSPS) is 38.2. The van der Waals surface area contributed by atoms with Crippen LogP contribution >= 0.6 is 0 Å². The van der Waals surface area contributed by atoms with Crippen LogP contribution in [0.1, 0.15) is 98.1 Å². The number of esters is 2. The monoisotopic (exact) mass is 542 g/mol. The Morgan fingerprint density at radius 3 is 2.38 bits per heavy atom. The molecule has 2 saturated heterocycles. The number of aryl methyl sites for hydroxylation is 2. The van der Waals surface area contributed by atoms with Crippen molar-refractivity contribution < 1.29 is 38.1 Å². The molecule has 8 heteroatoms. The average Bonchev–Trinajstić information content (AvgIpc) is 3.31. The Morgan fingerprint density at radius 1 is 1.00 bits per heavy atom. The van der Waals surface area contributed by atoms with E-state index in [9.17, 15) is 14.4 Å². The molecule has 8 nitrogen and oxygen atoms in total. The molecule has 1 spiro atoms. The zero-order valence-electron chi connectivity index (χ0n) is 24.5. The number of ketones is 1. The van der Waals surface area contributed by atoms with E-state index in [1.54, 1.807) is 6.07 Å². The van der Waals surface area contributed by atoms with Gasteiger partial charge in [-0.1, -0.05) is 20.3 Å². The van der Waals surface area contributed by atoms with E-state index in [0.29, 0.717) is 25.0 Å². The third-order valence-electron chi connectivity index (χ3n) is 10.0. The molecule has 0 bridgehead atoms. The third kappa shape index (κ3) is 4.38. The van der Waals surface area contributed by atoms with E-state index in [4.69, 9.17) is 23.7 Å². The Balaban J connectivity index is 1.39. The maximum atomic E-state index is 14.1. The lowest BCUT2D eigenvalue weighted by atomic mass is 9.61. The van der Waals surface area contributed by atoms with Crippen LogP contribution in [-0.2, 0) is 35.0 Å². The Morgan fingerprint density at radius 2 is 1.72 bits per heavy atom. The van der Waals surface area contributed by atoms with Gasteiger partial charge in [0.2, 0.25) is 0 Å². The van der Waals surface area contributed by atoms with Gasteiger partial charge in [0, 0.05) is 37.5 Å².